The third-order valence-corrected chi connectivity index (χ3v) is 6.48. The maximum absolute atomic E-state index is 12.5. The molecule has 0 aliphatic heterocycles. The number of thiazole rings is 1. The first-order chi connectivity index (χ1) is 12.3. The molecule has 0 fully saturated rings. The highest BCUT2D eigenvalue weighted by molar-refractivity contribution is 9.10. The molecule has 1 heterocycles. The number of hydrogen-bond donors (Lipinski definition) is 0. The number of benzene rings is 2. The molecular weight excluding hydrogens is 436 g/mol. The van der Waals surface area contributed by atoms with Gasteiger partial charge in [-0.1, -0.05) is 29.4 Å². The fraction of sp³-hybridized carbons (Fsp3) is 0.111. The Bertz CT molecular complexity index is 1230. The van der Waals surface area contributed by atoms with Gasteiger partial charge in [0.15, 0.2) is 14.6 Å². The van der Waals surface area contributed by atoms with Crippen LogP contribution in [0, 0.1) is 12.3 Å². The largest absolute Gasteiger partial charge is 0.305 e. The van der Waals surface area contributed by atoms with Gasteiger partial charge in [-0.2, -0.15) is 4.99 Å². The van der Waals surface area contributed by atoms with Crippen LogP contribution in [0.25, 0.3) is 10.2 Å². The molecule has 26 heavy (non-hydrogen) atoms. The number of nitrogens with zero attached hydrogens (tertiary/aromatic N) is 2. The molecule has 1 amide bonds. The number of halogens is 1. The van der Waals surface area contributed by atoms with Crippen LogP contribution in [-0.2, 0) is 16.4 Å². The van der Waals surface area contributed by atoms with Gasteiger partial charge in [-0.15, -0.1) is 6.42 Å². The van der Waals surface area contributed by atoms with E-state index in [-0.39, 0.29) is 11.4 Å². The van der Waals surface area contributed by atoms with E-state index < -0.39 is 15.7 Å². The molecule has 8 heteroatoms. The van der Waals surface area contributed by atoms with Crippen molar-refractivity contribution in [2.24, 2.45) is 4.99 Å². The van der Waals surface area contributed by atoms with Gasteiger partial charge < -0.3 is 4.57 Å². The molecule has 0 radical (unpaired) electrons. The summed E-state index contributed by atoms with van der Waals surface area (Å²) < 4.78 is 26.6. The van der Waals surface area contributed by atoms with Crippen molar-refractivity contribution in [3.05, 3.63) is 57.3 Å². The lowest BCUT2D eigenvalue weighted by atomic mass is 10.2. The second-order valence-corrected chi connectivity index (χ2v) is 9.35. The van der Waals surface area contributed by atoms with Gasteiger partial charge in [0.1, 0.15) is 0 Å². The van der Waals surface area contributed by atoms with Gasteiger partial charge in [0, 0.05) is 10.7 Å². The molecule has 2 aromatic carbocycles. The standard InChI is InChI=1S/C18H13BrN2O3S2/c1-3-10-21-15-9-8-12(26(2,23)24)11-16(15)25-18(21)20-17(22)13-6-4-5-7-14(13)19/h1,4-9,11H,10H2,2H3. The van der Waals surface area contributed by atoms with Gasteiger partial charge in [0.2, 0.25) is 0 Å². The van der Waals surface area contributed by atoms with E-state index in [4.69, 9.17) is 6.42 Å². The van der Waals surface area contributed by atoms with Crippen molar-refractivity contribution in [1.82, 2.24) is 4.57 Å². The molecule has 132 valence electrons. The average molecular weight is 449 g/mol. The normalized spacial score (nSPS) is 12.3. The van der Waals surface area contributed by atoms with E-state index in [9.17, 15) is 13.2 Å². The zero-order valence-electron chi connectivity index (χ0n) is 13.6. The van der Waals surface area contributed by atoms with Crippen LogP contribution >= 0.6 is 27.3 Å². The number of aromatic nitrogens is 1. The number of hydrogen-bond acceptors (Lipinski definition) is 4. The van der Waals surface area contributed by atoms with E-state index in [2.05, 4.69) is 26.8 Å². The monoisotopic (exact) mass is 448 g/mol. The van der Waals surface area contributed by atoms with E-state index >= 15 is 0 Å². The van der Waals surface area contributed by atoms with Crippen molar-refractivity contribution in [3.63, 3.8) is 0 Å². The van der Waals surface area contributed by atoms with Crippen molar-refractivity contribution < 1.29 is 13.2 Å². The summed E-state index contributed by atoms with van der Waals surface area (Å²) in [6.45, 7) is 0.223. The molecule has 0 saturated carbocycles. The number of fused-ring (bicyclic) bond motifs is 1. The van der Waals surface area contributed by atoms with Crippen molar-refractivity contribution in [2.75, 3.05) is 6.26 Å². The Morgan fingerprint density at radius 1 is 1.31 bits per heavy atom. The first-order valence-electron chi connectivity index (χ1n) is 7.42. The molecule has 0 aliphatic rings. The maximum Gasteiger partial charge on any atom is 0.280 e. The molecule has 0 bridgehead atoms. The van der Waals surface area contributed by atoms with Crippen LogP contribution < -0.4 is 4.80 Å². The zero-order valence-corrected chi connectivity index (χ0v) is 16.9. The van der Waals surface area contributed by atoms with Crippen LogP contribution in [0.3, 0.4) is 0 Å². The van der Waals surface area contributed by atoms with Gasteiger partial charge in [-0.05, 0) is 46.3 Å². The van der Waals surface area contributed by atoms with Gasteiger partial charge in [0.25, 0.3) is 5.91 Å². The Morgan fingerprint density at radius 3 is 2.69 bits per heavy atom. The lowest BCUT2D eigenvalue weighted by molar-refractivity contribution is 0.0997. The Labute approximate surface area is 163 Å². The minimum absolute atomic E-state index is 0.211. The lowest BCUT2D eigenvalue weighted by Crippen LogP contribution is -2.16. The van der Waals surface area contributed by atoms with E-state index in [1.54, 1.807) is 34.9 Å². The number of carbonyl (C=O) groups is 1. The zero-order chi connectivity index (χ0) is 18.9. The predicted molar refractivity (Wildman–Crippen MR) is 106 cm³/mol. The maximum atomic E-state index is 12.5. The average Bonchev–Trinajstić information content (AvgIpc) is 2.91. The predicted octanol–water partition coefficient (Wildman–Crippen LogP) is 3.24. The Balaban J connectivity index is 2.22. The highest BCUT2D eigenvalue weighted by atomic mass is 79.9. The molecule has 0 spiro atoms. The van der Waals surface area contributed by atoms with Gasteiger partial charge in [0.05, 0.1) is 27.2 Å². The first kappa shape index (κ1) is 18.6. The minimum Gasteiger partial charge on any atom is -0.305 e. The molecule has 0 saturated heterocycles. The summed E-state index contributed by atoms with van der Waals surface area (Å²) in [4.78, 5) is 17.4. The number of amides is 1. The number of rotatable bonds is 3. The first-order valence-corrected chi connectivity index (χ1v) is 10.9. The third kappa shape index (κ3) is 3.65. The van der Waals surface area contributed by atoms with Crippen LogP contribution in [0.2, 0.25) is 0 Å². The van der Waals surface area contributed by atoms with Gasteiger partial charge in [-0.3, -0.25) is 4.79 Å². The van der Waals surface area contributed by atoms with Crippen LogP contribution in [-0.4, -0.2) is 25.1 Å². The molecule has 3 aromatic rings. The second kappa shape index (κ2) is 7.19. The summed E-state index contributed by atoms with van der Waals surface area (Å²) in [6.07, 6.45) is 6.60. The quantitative estimate of drug-likeness (QED) is 0.577. The molecular formula is C18H13BrN2O3S2. The van der Waals surface area contributed by atoms with Crippen LogP contribution in [0.15, 0.2) is 56.8 Å². The SMILES string of the molecule is C#CCn1c(=NC(=O)c2ccccc2Br)sc2cc(S(C)(=O)=O)ccc21. The van der Waals surface area contributed by atoms with Crippen LogP contribution in [0.1, 0.15) is 10.4 Å². The summed E-state index contributed by atoms with van der Waals surface area (Å²) in [6, 6.07) is 11.8. The fourth-order valence-corrected chi connectivity index (χ4v) is 4.64. The van der Waals surface area contributed by atoms with Crippen LogP contribution in [0.5, 0.6) is 0 Å². The molecule has 1 aromatic heterocycles. The van der Waals surface area contributed by atoms with Crippen molar-refractivity contribution in [2.45, 2.75) is 11.4 Å². The van der Waals surface area contributed by atoms with Crippen molar-refractivity contribution >= 4 is 53.2 Å². The Kier molecular flexibility index (Phi) is 5.14. The minimum atomic E-state index is -3.33. The lowest BCUT2D eigenvalue weighted by Gasteiger charge is -2.02. The summed E-state index contributed by atoms with van der Waals surface area (Å²) in [7, 11) is -3.33. The molecule has 0 N–H and O–H groups in total. The molecule has 0 atom stereocenters. The summed E-state index contributed by atoms with van der Waals surface area (Å²) >= 11 is 4.57. The molecule has 5 nitrogen and oxygen atoms in total. The van der Waals surface area contributed by atoms with E-state index in [1.807, 2.05) is 6.07 Å². The second-order valence-electron chi connectivity index (χ2n) is 5.47. The topological polar surface area (TPSA) is 68.5 Å². The number of terminal acetylenes is 1. The van der Waals surface area contributed by atoms with Crippen molar-refractivity contribution in [1.29, 1.82) is 0 Å². The smallest absolute Gasteiger partial charge is 0.280 e. The number of carbonyl (C=O) groups excluding carboxylic acids is 1. The Morgan fingerprint density at radius 2 is 2.04 bits per heavy atom. The highest BCUT2D eigenvalue weighted by Crippen LogP contribution is 2.22. The molecule has 3 rings (SSSR count). The van der Waals surface area contributed by atoms with Crippen molar-refractivity contribution in [3.8, 4) is 12.3 Å². The van der Waals surface area contributed by atoms with E-state index in [1.165, 1.54) is 17.4 Å². The fourth-order valence-electron chi connectivity index (χ4n) is 2.40. The molecule has 0 aliphatic carbocycles. The van der Waals surface area contributed by atoms with E-state index in [0.717, 1.165) is 11.8 Å². The highest BCUT2D eigenvalue weighted by Gasteiger charge is 2.13. The summed E-state index contributed by atoms with van der Waals surface area (Å²) in [5.74, 6) is 2.14. The Hall–Kier alpha value is -2.21. The number of sulfone groups is 1. The third-order valence-electron chi connectivity index (χ3n) is 3.63. The van der Waals surface area contributed by atoms with Gasteiger partial charge >= 0.3 is 0 Å². The van der Waals surface area contributed by atoms with Gasteiger partial charge in [-0.25, -0.2) is 8.42 Å². The summed E-state index contributed by atoms with van der Waals surface area (Å²) in [5, 5.41) is 0. The summed E-state index contributed by atoms with van der Waals surface area (Å²) in [5.41, 5.74) is 1.17. The van der Waals surface area contributed by atoms with Crippen LogP contribution in [0.4, 0.5) is 0 Å². The molecule has 0 unspecified atom stereocenters. The van der Waals surface area contributed by atoms with E-state index in [0.29, 0.717) is 19.5 Å².